The molecule has 1 aromatic rings. The fourth-order valence-electron chi connectivity index (χ4n) is 3.35. The van der Waals surface area contributed by atoms with Gasteiger partial charge in [-0.3, -0.25) is 13.8 Å². The molecule has 2 heterocycles. The van der Waals surface area contributed by atoms with Gasteiger partial charge in [0, 0.05) is 0 Å². The molecule has 0 radical (unpaired) electrons. The third-order valence-corrected chi connectivity index (χ3v) is 6.93. The van der Waals surface area contributed by atoms with Crippen molar-refractivity contribution in [2.24, 2.45) is 5.73 Å². The van der Waals surface area contributed by atoms with E-state index in [1.165, 1.54) is 0 Å². The number of carboxylic acid groups (broad SMARTS) is 1. The number of aliphatic carboxylic acids is 1. The molecule has 2 fully saturated rings. The van der Waals surface area contributed by atoms with Crippen molar-refractivity contribution in [3.05, 3.63) is 35.9 Å². The molecule has 2 saturated heterocycles. The fraction of sp³-hybridized carbons (Fsp3) is 0.438. The minimum atomic E-state index is -1.63. The molecule has 2 aliphatic rings. The van der Waals surface area contributed by atoms with Crippen LogP contribution in [0.5, 0.6) is 0 Å². The van der Waals surface area contributed by atoms with Crippen LogP contribution in [-0.4, -0.2) is 54.2 Å². The van der Waals surface area contributed by atoms with Gasteiger partial charge in [0.2, 0.25) is 11.8 Å². The third kappa shape index (κ3) is 3.11. The van der Waals surface area contributed by atoms with Crippen molar-refractivity contribution in [3.8, 4) is 0 Å². The first-order chi connectivity index (χ1) is 11.7. The second-order valence-corrected chi connectivity index (χ2v) is 8.78. The summed E-state index contributed by atoms with van der Waals surface area (Å²) in [5, 5.41) is 11.0. The van der Waals surface area contributed by atoms with Crippen LogP contribution in [0.4, 0.5) is 0 Å². The number of amides is 2. The Balaban J connectivity index is 0.00000243. The summed E-state index contributed by atoms with van der Waals surface area (Å²) in [5.74, 6) is -2.33. The second kappa shape index (κ2) is 7.40. The van der Waals surface area contributed by atoms with E-state index in [0.717, 1.165) is 4.90 Å². The monoisotopic (exact) mass is 388 g/mol. The summed E-state index contributed by atoms with van der Waals surface area (Å²) in [6, 6.07) is 5.48. The van der Waals surface area contributed by atoms with E-state index in [9.17, 15) is 23.7 Å². The van der Waals surface area contributed by atoms with Crippen LogP contribution in [0.2, 0.25) is 0 Å². The van der Waals surface area contributed by atoms with Crippen LogP contribution in [0.3, 0.4) is 0 Å². The van der Waals surface area contributed by atoms with Crippen molar-refractivity contribution in [3.63, 3.8) is 0 Å². The molecule has 8 nitrogen and oxygen atoms in total. The quantitative estimate of drug-likeness (QED) is 0.360. The molecular weight excluding hydrogens is 369 g/mol. The summed E-state index contributed by atoms with van der Waals surface area (Å²) < 4.78 is 11.5. The number of hydrogen-bond acceptors (Lipinski definition) is 5. The number of hydrogen-bond donors (Lipinski definition) is 3. The van der Waals surface area contributed by atoms with Crippen LogP contribution in [-0.2, 0) is 25.2 Å². The topological polar surface area (TPSA) is 130 Å². The van der Waals surface area contributed by atoms with Crippen LogP contribution in [0.1, 0.15) is 25.5 Å². The molecule has 10 heteroatoms. The number of nitrogens with two attached hydrogens (primary N) is 1. The van der Waals surface area contributed by atoms with E-state index < -0.39 is 56.8 Å². The number of β-lactam (4-membered cyclic amide) rings is 1. The zero-order valence-electron chi connectivity index (χ0n) is 14.7. The molecule has 134 valence electrons. The maximum absolute atomic E-state index is 12.7. The van der Waals surface area contributed by atoms with E-state index in [-0.39, 0.29) is 29.6 Å². The minimum absolute atomic E-state index is 0. The van der Waals surface area contributed by atoms with Gasteiger partial charge in [0.15, 0.2) is 0 Å². The maximum atomic E-state index is 12.7. The largest absolute Gasteiger partial charge is 1.00 e. The number of rotatable bonds is 4. The molecule has 3 rings (SSSR count). The first-order valence-electron chi connectivity index (χ1n) is 7.74. The summed E-state index contributed by atoms with van der Waals surface area (Å²) in [5.41, 5.74) is 6.49. The van der Waals surface area contributed by atoms with Crippen LogP contribution in [0.25, 0.3) is 0 Å². The summed E-state index contributed by atoms with van der Waals surface area (Å²) >= 11 is 0. The number of nitrogens with one attached hydrogen (secondary N) is 1. The van der Waals surface area contributed by atoms with Crippen molar-refractivity contribution in [1.29, 1.82) is 0 Å². The molecule has 0 spiro atoms. The van der Waals surface area contributed by atoms with Gasteiger partial charge in [0.1, 0.15) is 23.5 Å². The standard InChI is InChI=1S/C16H19N3O5S.Na/c1-16(2)11(15(22)23)19-13(21)10(14(19)25(16)24)18-12(20)9(17)8-6-4-3-5-7-8;/h3-7,9-11,14H,17H2,1-2H3,(H,18,20)(H,22,23);/q;+1. The number of nitrogens with zero attached hydrogens (tertiary/aromatic N) is 1. The third-order valence-electron chi connectivity index (χ3n) is 4.73. The summed E-state index contributed by atoms with van der Waals surface area (Å²) in [6.45, 7) is 3.09. The fourth-order valence-corrected chi connectivity index (χ4v) is 5.27. The van der Waals surface area contributed by atoms with Crippen molar-refractivity contribution in [2.45, 2.75) is 42.1 Å². The second-order valence-electron chi connectivity index (χ2n) is 6.65. The Labute approximate surface area is 175 Å². The Morgan fingerprint density at radius 3 is 2.42 bits per heavy atom. The first-order valence-corrected chi connectivity index (χ1v) is 8.95. The predicted molar refractivity (Wildman–Crippen MR) is 89.6 cm³/mol. The predicted octanol–water partition coefficient (Wildman–Crippen LogP) is -3.66. The van der Waals surface area contributed by atoms with E-state index in [2.05, 4.69) is 5.32 Å². The van der Waals surface area contributed by atoms with E-state index in [1.807, 2.05) is 0 Å². The van der Waals surface area contributed by atoms with Crippen molar-refractivity contribution in [1.82, 2.24) is 10.2 Å². The van der Waals surface area contributed by atoms with E-state index in [0.29, 0.717) is 5.56 Å². The smallest absolute Gasteiger partial charge is 0.480 e. The number of carbonyl (C=O) groups excluding carboxylic acids is 2. The summed E-state index contributed by atoms with van der Waals surface area (Å²) in [7, 11) is -1.63. The molecule has 0 aromatic heterocycles. The van der Waals surface area contributed by atoms with Gasteiger partial charge in [-0.2, -0.15) is 0 Å². The van der Waals surface area contributed by atoms with Gasteiger partial charge >= 0.3 is 35.5 Å². The summed E-state index contributed by atoms with van der Waals surface area (Å²) in [4.78, 5) is 37.3. The SMILES string of the molecule is CC1(C)C(C(=O)O)N2C(=O)C(NC(=O)C(N)c3ccccc3)C2S1=O.[Na+]. The van der Waals surface area contributed by atoms with Crippen LogP contribution < -0.4 is 40.6 Å². The number of fused-ring (bicyclic) bond motifs is 1. The molecular formula is C16H19N3NaO5S+. The van der Waals surface area contributed by atoms with E-state index in [1.54, 1.807) is 44.2 Å². The van der Waals surface area contributed by atoms with Gasteiger partial charge in [0.25, 0.3) is 0 Å². The Hall–Kier alpha value is -1.26. The average molecular weight is 388 g/mol. The molecule has 2 amide bonds. The van der Waals surface area contributed by atoms with Gasteiger partial charge in [-0.1, -0.05) is 30.3 Å². The van der Waals surface area contributed by atoms with E-state index in [4.69, 9.17) is 5.73 Å². The van der Waals surface area contributed by atoms with Crippen molar-refractivity contribution >= 4 is 28.6 Å². The Morgan fingerprint density at radius 1 is 1.31 bits per heavy atom. The number of carbonyl (C=O) groups is 3. The van der Waals surface area contributed by atoms with E-state index >= 15 is 0 Å². The number of carboxylic acids is 1. The normalized spacial score (nSPS) is 29.8. The minimum Gasteiger partial charge on any atom is -0.480 e. The first kappa shape index (κ1) is 21.0. The van der Waals surface area contributed by atoms with Crippen molar-refractivity contribution in [2.75, 3.05) is 0 Å². The molecule has 1 aromatic carbocycles. The van der Waals surface area contributed by atoms with Gasteiger partial charge in [-0.05, 0) is 19.4 Å². The molecule has 26 heavy (non-hydrogen) atoms. The van der Waals surface area contributed by atoms with Gasteiger partial charge in [-0.15, -0.1) is 0 Å². The molecule has 0 bridgehead atoms. The van der Waals surface area contributed by atoms with Gasteiger partial charge in [-0.25, -0.2) is 4.79 Å². The Bertz CT molecular complexity index is 772. The van der Waals surface area contributed by atoms with Crippen LogP contribution in [0, 0.1) is 0 Å². The molecule has 4 N–H and O–H groups in total. The molecule has 0 saturated carbocycles. The molecule has 2 aliphatic heterocycles. The van der Waals surface area contributed by atoms with Crippen LogP contribution >= 0.6 is 0 Å². The average Bonchev–Trinajstić information content (AvgIpc) is 2.77. The molecule has 0 aliphatic carbocycles. The molecule has 5 unspecified atom stereocenters. The summed E-state index contributed by atoms with van der Waals surface area (Å²) in [6.07, 6.45) is 0. The Kier molecular flexibility index (Phi) is 5.99. The Morgan fingerprint density at radius 2 is 1.88 bits per heavy atom. The zero-order valence-corrected chi connectivity index (χ0v) is 17.5. The van der Waals surface area contributed by atoms with Crippen molar-refractivity contribution < 1.29 is 53.3 Å². The number of benzene rings is 1. The van der Waals surface area contributed by atoms with Gasteiger partial charge < -0.3 is 21.1 Å². The van der Waals surface area contributed by atoms with Crippen LogP contribution in [0.15, 0.2) is 30.3 Å². The molecule has 5 atom stereocenters. The van der Waals surface area contributed by atoms with Gasteiger partial charge in [0.05, 0.1) is 15.5 Å². The zero-order chi connectivity index (χ0) is 18.5. The maximum Gasteiger partial charge on any atom is 1.00 e.